The number of hydrogen-bond acceptors (Lipinski definition) is 3. The lowest BCUT2D eigenvalue weighted by Gasteiger charge is -2.19. The van der Waals surface area contributed by atoms with E-state index in [1.54, 1.807) is 0 Å². The normalized spacial score (nSPS) is 19.5. The standard InChI is InChI=1S/C15H16F4N2O3/c16-10-3-1-2-9(6-10)12(22)7-13(23)20-11-4-5-21(14(11)24)8-15(17,18)19/h1-3,6,11-12,22H,4-5,7-8H2,(H,20,23). The first kappa shape index (κ1) is 18.2. The van der Waals surface area contributed by atoms with Gasteiger partial charge in [-0.2, -0.15) is 13.2 Å². The second-order valence-electron chi connectivity index (χ2n) is 5.56. The fourth-order valence-corrected chi connectivity index (χ4v) is 2.51. The van der Waals surface area contributed by atoms with Crippen molar-refractivity contribution in [3.05, 3.63) is 35.6 Å². The van der Waals surface area contributed by atoms with Gasteiger partial charge in [-0.1, -0.05) is 12.1 Å². The number of likely N-dealkylation sites (tertiary alicyclic amines) is 1. The Morgan fingerprint density at radius 3 is 2.75 bits per heavy atom. The third-order valence-electron chi connectivity index (χ3n) is 3.62. The minimum atomic E-state index is -4.50. The molecule has 0 radical (unpaired) electrons. The van der Waals surface area contributed by atoms with E-state index in [2.05, 4.69) is 5.32 Å². The molecule has 24 heavy (non-hydrogen) atoms. The first-order valence-electron chi connectivity index (χ1n) is 7.24. The number of carbonyl (C=O) groups is 2. The van der Waals surface area contributed by atoms with Crippen LogP contribution in [0.15, 0.2) is 24.3 Å². The molecule has 1 fully saturated rings. The van der Waals surface area contributed by atoms with Crippen LogP contribution in [0, 0.1) is 5.82 Å². The first-order valence-corrected chi connectivity index (χ1v) is 7.24. The largest absolute Gasteiger partial charge is 0.406 e. The molecular formula is C15H16F4N2O3. The van der Waals surface area contributed by atoms with Gasteiger partial charge in [-0.3, -0.25) is 9.59 Å². The van der Waals surface area contributed by atoms with Crippen molar-refractivity contribution < 1.29 is 32.3 Å². The third-order valence-corrected chi connectivity index (χ3v) is 3.62. The fraction of sp³-hybridized carbons (Fsp3) is 0.467. The van der Waals surface area contributed by atoms with Crippen molar-refractivity contribution in [2.24, 2.45) is 0 Å². The fourth-order valence-electron chi connectivity index (χ4n) is 2.51. The predicted octanol–water partition coefficient (Wildman–Crippen LogP) is 1.53. The average molecular weight is 348 g/mol. The predicted molar refractivity (Wildman–Crippen MR) is 75.2 cm³/mol. The van der Waals surface area contributed by atoms with Crippen molar-refractivity contribution in [1.29, 1.82) is 0 Å². The molecule has 5 nitrogen and oxygen atoms in total. The molecule has 2 N–H and O–H groups in total. The Kier molecular flexibility index (Phi) is 5.43. The van der Waals surface area contributed by atoms with E-state index in [1.807, 2.05) is 0 Å². The number of carbonyl (C=O) groups excluding carboxylic acids is 2. The highest BCUT2D eigenvalue weighted by Crippen LogP contribution is 2.22. The number of amides is 2. The van der Waals surface area contributed by atoms with Gasteiger partial charge in [0.2, 0.25) is 11.8 Å². The number of nitrogens with one attached hydrogen (secondary N) is 1. The number of rotatable bonds is 5. The highest BCUT2D eigenvalue weighted by atomic mass is 19.4. The van der Waals surface area contributed by atoms with E-state index in [4.69, 9.17) is 0 Å². The number of nitrogens with zero attached hydrogens (tertiary/aromatic N) is 1. The molecule has 0 bridgehead atoms. The Bertz CT molecular complexity index is 621. The van der Waals surface area contributed by atoms with Gasteiger partial charge in [-0.15, -0.1) is 0 Å². The van der Waals surface area contributed by atoms with Crippen LogP contribution >= 0.6 is 0 Å². The van der Waals surface area contributed by atoms with E-state index in [0.717, 1.165) is 6.07 Å². The summed E-state index contributed by atoms with van der Waals surface area (Å²) in [6.45, 7) is -1.46. The molecule has 2 unspecified atom stereocenters. The Hall–Kier alpha value is -2.16. The summed E-state index contributed by atoms with van der Waals surface area (Å²) in [5.74, 6) is -2.07. The summed E-state index contributed by atoms with van der Waals surface area (Å²) < 4.78 is 50.0. The van der Waals surface area contributed by atoms with Crippen LogP contribution < -0.4 is 5.32 Å². The van der Waals surface area contributed by atoms with Gasteiger partial charge in [0, 0.05) is 6.54 Å². The van der Waals surface area contributed by atoms with E-state index in [0.29, 0.717) is 4.90 Å². The van der Waals surface area contributed by atoms with Crippen LogP contribution in [0.5, 0.6) is 0 Å². The summed E-state index contributed by atoms with van der Waals surface area (Å²) in [5, 5.41) is 12.2. The van der Waals surface area contributed by atoms with Crippen LogP contribution in [-0.2, 0) is 9.59 Å². The summed E-state index contributed by atoms with van der Waals surface area (Å²) in [5.41, 5.74) is 0.196. The van der Waals surface area contributed by atoms with Gasteiger partial charge in [0.1, 0.15) is 18.4 Å². The summed E-state index contributed by atoms with van der Waals surface area (Å²) in [6, 6.07) is 4.03. The number of alkyl halides is 3. The minimum Gasteiger partial charge on any atom is -0.388 e. The smallest absolute Gasteiger partial charge is 0.388 e. The molecule has 1 aliphatic heterocycles. The zero-order valence-corrected chi connectivity index (χ0v) is 12.5. The second-order valence-corrected chi connectivity index (χ2v) is 5.56. The van der Waals surface area contributed by atoms with Gasteiger partial charge >= 0.3 is 6.18 Å². The second kappa shape index (κ2) is 7.16. The molecule has 2 amide bonds. The van der Waals surface area contributed by atoms with Gasteiger partial charge in [0.25, 0.3) is 0 Å². The molecule has 1 aromatic rings. The maximum Gasteiger partial charge on any atom is 0.406 e. The van der Waals surface area contributed by atoms with Gasteiger partial charge in [0.05, 0.1) is 12.5 Å². The molecule has 2 atom stereocenters. The monoisotopic (exact) mass is 348 g/mol. The van der Waals surface area contributed by atoms with Gasteiger partial charge < -0.3 is 15.3 Å². The molecule has 0 saturated carbocycles. The SMILES string of the molecule is O=C(CC(O)c1cccc(F)c1)NC1CCN(CC(F)(F)F)C1=O. The van der Waals surface area contributed by atoms with E-state index >= 15 is 0 Å². The summed E-state index contributed by atoms with van der Waals surface area (Å²) >= 11 is 0. The molecule has 2 rings (SSSR count). The van der Waals surface area contributed by atoms with Crippen molar-refractivity contribution in [2.45, 2.75) is 31.2 Å². The highest BCUT2D eigenvalue weighted by Gasteiger charge is 2.39. The maximum atomic E-state index is 13.1. The lowest BCUT2D eigenvalue weighted by Crippen LogP contribution is -2.44. The summed E-state index contributed by atoms with van der Waals surface area (Å²) in [4.78, 5) is 24.3. The average Bonchev–Trinajstić information content (AvgIpc) is 2.78. The molecule has 1 saturated heterocycles. The zero-order chi connectivity index (χ0) is 17.9. The Balaban J connectivity index is 1.88. The van der Waals surface area contributed by atoms with Gasteiger partial charge in [-0.25, -0.2) is 4.39 Å². The van der Waals surface area contributed by atoms with E-state index in [-0.39, 0.29) is 18.5 Å². The van der Waals surface area contributed by atoms with E-state index in [9.17, 15) is 32.3 Å². The Morgan fingerprint density at radius 2 is 2.12 bits per heavy atom. The number of aliphatic hydroxyl groups excluding tert-OH is 1. The van der Waals surface area contributed by atoms with Crippen LogP contribution in [0.1, 0.15) is 24.5 Å². The maximum absolute atomic E-state index is 13.1. The van der Waals surface area contributed by atoms with Gasteiger partial charge in [0.15, 0.2) is 0 Å². The van der Waals surface area contributed by atoms with Crippen LogP contribution in [0.25, 0.3) is 0 Å². The summed E-state index contributed by atoms with van der Waals surface area (Å²) in [6.07, 6.45) is -6.13. The molecule has 1 aromatic carbocycles. The van der Waals surface area contributed by atoms with Crippen LogP contribution in [0.2, 0.25) is 0 Å². The topological polar surface area (TPSA) is 69.6 Å². The van der Waals surface area contributed by atoms with Crippen molar-refractivity contribution in [1.82, 2.24) is 10.2 Å². The lowest BCUT2D eigenvalue weighted by atomic mass is 10.1. The number of hydrogen-bond donors (Lipinski definition) is 2. The van der Waals surface area contributed by atoms with Crippen molar-refractivity contribution in [3.8, 4) is 0 Å². The van der Waals surface area contributed by atoms with Crippen LogP contribution in [0.3, 0.4) is 0 Å². The Labute approximate surface area is 135 Å². The molecular weight excluding hydrogens is 332 g/mol. The minimum absolute atomic E-state index is 0.0662. The van der Waals surface area contributed by atoms with Crippen molar-refractivity contribution in [3.63, 3.8) is 0 Å². The Morgan fingerprint density at radius 1 is 1.42 bits per heavy atom. The molecule has 0 aliphatic carbocycles. The molecule has 0 aromatic heterocycles. The molecule has 1 aliphatic rings. The van der Waals surface area contributed by atoms with E-state index in [1.165, 1.54) is 18.2 Å². The van der Waals surface area contributed by atoms with E-state index < -0.39 is 48.9 Å². The number of halogens is 4. The number of benzene rings is 1. The third kappa shape index (κ3) is 4.92. The highest BCUT2D eigenvalue weighted by molar-refractivity contribution is 5.89. The molecule has 9 heteroatoms. The molecule has 0 spiro atoms. The number of aliphatic hydroxyl groups is 1. The van der Waals surface area contributed by atoms with Crippen LogP contribution in [0.4, 0.5) is 17.6 Å². The molecule has 1 heterocycles. The zero-order valence-electron chi connectivity index (χ0n) is 12.5. The van der Waals surface area contributed by atoms with Crippen molar-refractivity contribution >= 4 is 11.8 Å². The van der Waals surface area contributed by atoms with Gasteiger partial charge in [-0.05, 0) is 24.1 Å². The van der Waals surface area contributed by atoms with Crippen molar-refractivity contribution in [2.75, 3.05) is 13.1 Å². The molecule has 132 valence electrons. The van der Waals surface area contributed by atoms with Crippen LogP contribution in [-0.4, -0.2) is 47.1 Å². The summed E-state index contributed by atoms with van der Waals surface area (Å²) in [7, 11) is 0. The first-order chi connectivity index (χ1) is 11.2. The lowest BCUT2D eigenvalue weighted by molar-refractivity contribution is -0.158. The quantitative estimate of drug-likeness (QED) is 0.793.